The molecule has 0 saturated heterocycles. The predicted molar refractivity (Wildman–Crippen MR) is 125 cm³/mol. The zero-order valence-electron chi connectivity index (χ0n) is 18.5. The summed E-state index contributed by atoms with van der Waals surface area (Å²) in [5.74, 6) is 1.46. The molecule has 3 rings (SSSR count). The summed E-state index contributed by atoms with van der Waals surface area (Å²) in [6.45, 7) is 12.9. The molecule has 1 nitrogen and oxygen atoms in total. The van der Waals surface area contributed by atoms with Crippen molar-refractivity contribution in [1.29, 1.82) is 0 Å². The number of hydrogen-bond acceptors (Lipinski definition) is 1. The van der Waals surface area contributed by atoms with Gasteiger partial charge in [0.05, 0.1) is 0 Å². The Hall–Kier alpha value is -2.15. The van der Waals surface area contributed by atoms with E-state index >= 15 is 0 Å². The summed E-state index contributed by atoms with van der Waals surface area (Å²) in [5, 5.41) is 2.56. The van der Waals surface area contributed by atoms with Crippen LogP contribution in [0.5, 0.6) is 0 Å². The van der Waals surface area contributed by atoms with Crippen LogP contribution < -0.4 is 0 Å². The van der Waals surface area contributed by atoms with Gasteiger partial charge in [-0.15, -0.1) is 6.58 Å². The molecule has 0 heterocycles. The summed E-state index contributed by atoms with van der Waals surface area (Å²) in [6.07, 6.45) is 10.0. The van der Waals surface area contributed by atoms with E-state index in [4.69, 9.17) is 0 Å². The molecule has 0 N–H and O–H groups in total. The largest absolute Gasteiger partial charge is 0.299 e. The number of benzene rings is 2. The molecule has 0 amide bonds. The molecule has 2 aromatic carbocycles. The SMILES string of the molecule is C=CC[C@@H](/C=C\C)C(=O)[C@@H]1C[C@H](C)CC[C@H]1C(C)(C)c1ccc2ccccc2c1. The first kappa shape index (κ1) is 21.6. The number of fused-ring (bicyclic) bond motifs is 1. The van der Waals surface area contributed by atoms with Gasteiger partial charge in [-0.05, 0) is 59.8 Å². The third kappa shape index (κ3) is 4.55. The highest BCUT2D eigenvalue weighted by Crippen LogP contribution is 2.47. The van der Waals surface area contributed by atoms with E-state index in [1.165, 1.54) is 22.8 Å². The molecule has 0 aromatic heterocycles. The molecule has 2 aromatic rings. The second-order valence-corrected chi connectivity index (χ2v) is 9.47. The first-order chi connectivity index (χ1) is 13.9. The quantitative estimate of drug-likeness (QED) is 0.449. The number of Topliss-reactive ketones (excluding diaryl/α,β-unsaturated/α-hetero) is 1. The minimum absolute atomic E-state index is 0.0392. The summed E-state index contributed by atoms with van der Waals surface area (Å²) in [5.41, 5.74) is 1.30. The summed E-state index contributed by atoms with van der Waals surface area (Å²) in [7, 11) is 0. The summed E-state index contributed by atoms with van der Waals surface area (Å²) >= 11 is 0. The summed E-state index contributed by atoms with van der Waals surface area (Å²) in [6, 6.07) is 15.4. The van der Waals surface area contributed by atoms with Gasteiger partial charge in [-0.25, -0.2) is 0 Å². The van der Waals surface area contributed by atoms with Crippen molar-refractivity contribution >= 4 is 16.6 Å². The van der Waals surface area contributed by atoms with Crippen LogP contribution in [0, 0.1) is 23.7 Å². The molecule has 1 aliphatic rings. The maximum Gasteiger partial charge on any atom is 0.143 e. The topological polar surface area (TPSA) is 17.1 Å². The van der Waals surface area contributed by atoms with Crippen LogP contribution in [0.25, 0.3) is 10.8 Å². The van der Waals surface area contributed by atoms with Gasteiger partial charge in [-0.1, -0.05) is 87.9 Å². The molecule has 0 radical (unpaired) electrons. The number of allylic oxidation sites excluding steroid dienone is 3. The minimum atomic E-state index is -0.0425. The molecule has 0 aliphatic heterocycles. The second-order valence-electron chi connectivity index (χ2n) is 9.47. The van der Waals surface area contributed by atoms with E-state index in [0.717, 1.165) is 19.3 Å². The van der Waals surface area contributed by atoms with Gasteiger partial charge in [-0.3, -0.25) is 4.79 Å². The molecule has 1 fully saturated rings. The Morgan fingerprint density at radius 3 is 2.59 bits per heavy atom. The van der Waals surface area contributed by atoms with Crippen molar-refractivity contribution in [2.24, 2.45) is 23.7 Å². The van der Waals surface area contributed by atoms with Gasteiger partial charge in [0.2, 0.25) is 0 Å². The van der Waals surface area contributed by atoms with Crippen molar-refractivity contribution in [3.05, 3.63) is 72.8 Å². The fourth-order valence-corrected chi connectivity index (χ4v) is 5.34. The lowest BCUT2D eigenvalue weighted by Crippen LogP contribution is -2.43. The van der Waals surface area contributed by atoms with Gasteiger partial charge in [0.15, 0.2) is 0 Å². The molecule has 0 unspecified atom stereocenters. The van der Waals surface area contributed by atoms with E-state index in [9.17, 15) is 4.79 Å². The van der Waals surface area contributed by atoms with Crippen LogP contribution in [0.4, 0.5) is 0 Å². The van der Waals surface area contributed by atoms with Crippen molar-refractivity contribution in [2.75, 3.05) is 0 Å². The van der Waals surface area contributed by atoms with Crippen LogP contribution in [0.1, 0.15) is 58.9 Å². The monoisotopic (exact) mass is 388 g/mol. The molecule has 4 atom stereocenters. The number of ketones is 1. The standard InChI is InChI=1S/C28H36O/c1-6-10-22(11-7-2)27(29)25-18-20(3)14-17-26(25)28(4,5)24-16-15-21-12-8-9-13-23(21)19-24/h6-9,11-13,15-16,19-20,22,25-26H,1,10,14,17-18H2,2-5H3/b11-7-/t20-,22+,25-,26-/m1/s1. The van der Waals surface area contributed by atoms with Crippen molar-refractivity contribution in [2.45, 2.75) is 58.8 Å². The van der Waals surface area contributed by atoms with Crippen molar-refractivity contribution < 1.29 is 4.79 Å². The number of hydrogen-bond donors (Lipinski definition) is 0. The zero-order valence-corrected chi connectivity index (χ0v) is 18.5. The number of carbonyl (C=O) groups is 1. The Bertz CT molecular complexity index is 888. The van der Waals surface area contributed by atoms with Gasteiger partial charge in [0.25, 0.3) is 0 Å². The molecule has 0 spiro atoms. The molecule has 1 heteroatoms. The van der Waals surface area contributed by atoms with Crippen molar-refractivity contribution in [3.8, 4) is 0 Å². The molecular weight excluding hydrogens is 352 g/mol. The van der Waals surface area contributed by atoms with Gasteiger partial charge in [0.1, 0.15) is 5.78 Å². The van der Waals surface area contributed by atoms with E-state index in [1.54, 1.807) is 0 Å². The van der Waals surface area contributed by atoms with Crippen LogP contribution in [0.15, 0.2) is 67.3 Å². The van der Waals surface area contributed by atoms with Crippen LogP contribution >= 0.6 is 0 Å². The fraction of sp³-hybridized carbons (Fsp3) is 0.464. The normalized spacial score (nSPS) is 23.9. The highest BCUT2D eigenvalue weighted by molar-refractivity contribution is 5.86. The zero-order chi connectivity index (χ0) is 21.0. The first-order valence-electron chi connectivity index (χ1n) is 11.1. The van der Waals surface area contributed by atoms with Crippen LogP contribution in [0.3, 0.4) is 0 Å². The Labute approximate surface area is 176 Å². The molecule has 1 aliphatic carbocycles. The number of rotatable bonds is 7. The maximum absolute atomic E-state index is 13.6. The average Bonchev–Trinajstić information content (AvgIpc) is 2.72. The van der Waals surface area contributed by atoms with Crippen LogP contribution in [-0.4, -0.2) is 5.78 Å². The summed E-state index contributed by atoms with van der Waals surface area (Å²) in [4.78, 5) is 13.6. The lowest BCUT2D eigenvalue weighted by atomic mass is 9.59. The van der Waals surface area contributed by atoms with Gasteiger partial charge < -0.3 is 0 Å². The van der Waals surface area contributed by atoms with E-state index in [0.29, 0.717) is 17.6 Å². The Morgan fingerprint density at radius 2 is 1.90 bits per heavy atom. The Morgan fingerprint density at radius 1 is 1.17 bits per heavy atom. The molecule has 0 bridgehead atoms. The third-order valence-corrected chi connectivity index (χ3v) is 7.11. The van der Waals surface area contributed by atoms with E-state index in [1.807, 2.05) is 19.1 Å². The van der Waals surface area contributed by atoms with E-state index in [-0.39, 0.29) is 17.3 Å². The van der Waals surface area contributed by atoms with Crippen molar-refractivity contribution in [3.63, 3.8) is 0 Å². The van der Waals surface area contributed by atoms with Gasteiger partial charge in [-0.2, -0.15) is 0 Å². The highest BCUT2D eigenvalue weighted by Gasteiger charge is 2.44. The Balaban J connectivity index is 1.97. The van der Waals surface area contributed by atoms with Crippen molar-refractivity contribution in [1.82, 2.24) is 0 Å². The first-order valence-corrected chi connectivity index (χ1v) is 11.1. The minimum Gasteiger partial charge on any atom is -0.299 e. The molecule has 29 heavy (non-hydrogen) atoms. The lowest BCUT2D eigenvalue weighted by Gasteiger charge is -2.45. The van der Waals surface area contributed by atoms with E-state index in [2.05, 4.69) is 75.9 Å². The second kappa shape index (κ2) is 9.11. The lowest BCUT2D eigenvalue weighted by molar-refractivity contribution is -0.130. The summed E-state index contributed by atoms with van der Waals surface area (Å²) < 4.78 is 0. The highest BCUT2D eigenvalue weighted by atomic mass is 16.1. The number of carbonyl (C=O) groups excluding carboxylic acids is 1. The molecule has 1 saturated carbocycles. The molecule has 154 valence electrons. The van der Waals surface area contributed by atoms with E-state index < -0.39 is 0 Å². The third-order valence-electron chi connectivity index (χ3n) is 7.11. The van der Waals surface area contributed by atoms with Gasteiger partial charge in [0, 0.05) is 11.8 Å². The van der Waals surface area contributed by atoms with Crippen LogP contribution in [-0.2, 0) is 10.2 Å². The predicted octanol–water partition coefficient (Wildman–Crippen LogP) is 7.51. The smallest absolute Gasteiger partial charge is 0.143 e. The Kier molecular flexibility index (Phi) is 6.77. The molecular formula is C28H36O. The van der Waals surface area contributed by atoms with Gasteiger partial charge >= 0.3 is 0 Å². The fourth-order valence-electron chi connectivity index (χ4n) is 5.34. The maximum atomic E-state index is 13.6. The van der Waals surface area contributed by atoms with Crippen LogP contribution in [0.2, 0.25) is 0 Å². The average molecular weight is 389 g/mol.